The van der Waals surface area contributed by atoms with Gasteiger partial charge in [0.2, 0.25) is 17.7 Å². The first-order valence-electron chi connectivity index (χ1n) is 10.2. The van der Waals surface area contributed by atoms with Crippen molar-refractivity contribution < 1.29 is 43.3 Å². The SMILES string of the molecule is CC(C)(C)OC(=O)CNC(=O)[C@H](CCC(=O)O)NC(=O)CNC(=O)CNC(=O)OC(C)(C)C. The maximum absolute atomic E-state index is 12.3. The molecule has 1 atom stereocenters. The Labute approximate surface area is 192 Å². The molecule has 13 nitrogen and oxygen atoms in total. The molecule has 0 aromatic carbocycles. The van der Waals surface area contributed by atoms with Gasteiger partial charge in [0.05, 0.1) is 6.54 Å². The first kappa shape index (κ1) is 29.6. The number of ether oxygens (including phenoxy) is 2. The number of carbonyl (C=O) groups is 6. The molecule has 33 heavy (non-hydrogen) atoms. The second-order valence-corrected chi connectivity index (χ2v) is 8.99. The van der Waals surface area contributed by atoms with Crippen LogP contribution in [0.25, 0.3) is 0 Å². The summed E-state index contributed by atoms with van der Waals surface area (Å²) in [5.74, 6) is -4.14. The monoisotopic (exact) mass is 474 g/mol. The summed E-state index contributed by atoms with van der Waals surface area (Å²) in [5, 5.41) is 17.9. The molecular formula is C20H34N4O9. The number of hydrogen-bond donors (Lipinski definition) is 5. The van der Waals surface area contributed by atoms with Gasteiger partial charge in [-0.25, -0.2) is 4.79 Å². The third-order valence-electron chi connectivity index (χ3n) is 3.36. The minimum absolute atomic E-state index is 0.241. The predicted octanol–water partition coefficient (Wildman–Crippen LogP) is -0.565. The van der Waals surface area contributed by atoms with Gasteiger partial charge in [0.1, 0.15) is 30.3 Å². The zero-order valence-electron chi connectivity index (χ0n) is 19.8. The van der Waals surface area contributed by atoms with Crippen LogP contribution in [-0.2, 0) is 33.4 Å². The summed E-state index contributed by atoms with van der Waals surface area (Å²) >= 11 is 0. The van der Waals surface area contributed by atoms with Crippen molar-refractivity contribution in [2.75, 3.05) is 19.6 Å². The van der Waals surface area contributed by atoms with Crippen molar-refractivity contribution in [1.29, 1.82) is 0 Å². The Morgan fingerprint density at radius 3 is 1.82 bits per heavy atom. The average Bonchev–Trinajstić information content (AvgIpc) is 2.63. The fourth-order valence-electron chi connectivity index (χ4n) is 2.15. The van der Waals surface area contributed by atoms with E-state index >= 15 is 0 Å². The molecule has 188 valence electrons. The molecule has 0 bridgehead atoms. The van der Waals surface area contributed by atoms with E-state index in [4.69, 9.17) is 14.6 Å². The Morgan fingerprint density at radius 2 is 1.30 bits per heavy atom. The molecule has 0 aromatic rings. The highest BCUT2D eigenvalue weighted by molar-refractivity contribution is 5.92. The van der Waals surface area contributed by atoms with Crippen molar-refractivity contribution in [3.05, 3.63) is 0 Å². The number of amides is 4. The van der Waals surface area contributed by atoms with Crippen LogP contribution in [0.1, 0.15) is 54.4 Å². The third kappa shape index (κ3) is 16.9. The Morgan fingerprint density at radius 1 is 0.758 bits per heavy atom. The first-order chi connectivity index (χ1) is 15.0. The van der Waals surface area contributed by atoms with Crippen molar-refractivity contribution in [3.63, 3.8) is 0 Å². The molecule has 0 aliphatic carbocycles. The summed E-state index contributed by atoms with van der Waals surface area (Å²) in [6.45, 7) is 8.48. The summed E-state index contributed by atoms with van der Waals surface area (Å²) in [6.07, 6.45) is -1.47. The molecule has 0 heterocycles. The van der Waals surface area contributed by atoms with Crippen LogP contribution >= 0.6 is 0 Å². The van der Waals surface area contributed by atoms with E-state index in [-0.39, 0.29) is 6.42 Å². The number of nitrogens with one attached hydrogen (secondary N) is 4. The van der Waals surface area contributed by atoms with E-state index < -0.39 is 79.1 Å². The summed E-state index contributed by atoms with van der Waals surface area (Å²) < 4.78 is 10.0. The molecule has 0 unspecified atom stereocenters. The molecule has 4 amide bonds. The van der Waals surface area contributed by atoms with E-state index in [0.29, 0.717) is 0 Å². The number of carboxylic acid groups (broad SMARTS) is 1. The van der Waals surface area contributed by atoms with E-state index in [2.05, 4.69) is 21.3 Å². The standard InChI is InChI=1S/C20H34N4O9/c1-19(2,3)32-16(29)11-22-17(30)12(7-8-15(27)28)24-14(26)10-21-13(25)9-23-18(31)33-20(4,5)6/h12H,7-11H2,1-6H3,(H,21,25)(H,22,30)(H,23,31)(H,24,26)(H,27,28)/t12-/m0/s1. The lowest BCUT2D eigenvalue weighted by Crippen LogP contribution is -2.51. The molecule has 0 rings (SSSR count). The number of esters is 1. The van der Waals surface area contributed by atoms with E-state index in [0.717, 1.165) is 0 Å². The van der Waals surface area contributed by atoms with Gasteiger partial charge in [-0.05, 0) is 48.0 Å². The minimum Gasteiger partial charge on any atom is -0.481 e. The Bertz CT molecular complexity index is 739. The van der Waals surface area contributed by atoms with Crippen molar-refractivity contribution in [3.8, 4) is 0 Å². The number of hydrogen-bond acceptors (Lipinski definition) is 8. The van der Waals surface area contributed by atoms with Crippen LogP contribution in [-0.4, -0.2) is 77.7 Å². The van der Waals surface area contributed by atoms with E-state index in [1.165, 1.54) is 0 Å². The zero-order chi connectivity index (χ0) is 25.8. The molecule has 0 fully saturated rings. The molecule has 13 heteroatoms. The highest BCUT2D eigenvalue weighted by atomic mass is 16.6. The summed E-state index contributed by atoms with van der Waals surface area (Å²) in [4.78, 5) is 70.3. The number of alkyl carbamates (subject to hydrolysis) is 1. The zero-order valence-corrected chi connectivity index (χ0v) is 19.8. The van der Waals surface area contributed by atoms with Crippen molar-refractivity contribution >= 4 is 35.8 Å². The second-order valence-electron chi connectivity index (χ2n) is 8.99. The fraction of sp³-hybridized carbons (Fsp3) is 0.700. The quantitative estimate of drug-likeness (QED) is 0.244. The van der Waals surface area contributed by atoms with Gasteiger partial charge in [0.25, 0.3) is 0 Å². The van der Waals surface area contributed by atoms with Crippen molar-refractivity contribution in [2.45, 2.75) is 71.6 Å². The molecule has 0 radical (unpaired) electrons. The van der Waals surface area contributed by atoms with Crippen LogP contribution < -0.4 is 21.3 Å². The van der Waals surface area contributed by atoms with Gasteiger partial charge in [0.15, 0.2) is 0 Å². The molecule has 0 spiro atoms. The maximum atomic E-state index is 12.3. The molecule has 0 saturated carbocycles. The van der Waals surface area contributed by atoms with E-state index in [1.807, 2.05) is 0 Å². The van der Waals surface area contributed by atoms with Gasteiger partial charge < -0.3 is 35.8 Å². The summed E-state index contributed by atoms with van der Waals surface area (Å²) in [7, 11) is 0. The minimum atomic E-state index is -1.26. The van der Waals surface area contributed by atoms with Crippen LogP contribution in [0.4, 0.5) is 4.79 Å². The van der Waals surface area contributed by atoms with Gasteiger partial charge in [0, 0.05) is 6.42 Å². The molecule has 0 aromatic heterocycles. The maximum Gasteiger partial charge on any atom is 0.408 e. The van der Waals surface area contributed by atoms with E-state index in [9.17, 15) is 28.8 Å². The topological polar surface area (TPSA) is 189 Å². The lowest BCUT2D eigenvalue weighted by Gasteiger charge is -2.21. The third-order valence-corrected chi connectivity index (χ3v) is 3.36. The van der Waals surface area contributed by atoms with Crippen LogP contribution in [0.15, 0.2) is 0 Å². The Hall–Kier alpha value is -3.38. The van der Waals surface area contributed by atoms with Gasteiger partial charge in [-0.3, -0.25) is 24.0 Å². The highest BCUT2D eigenvalue weighted by Gasteiger charge is 2.24. The normalized spacial score (nSPS) is 12.1. The van der Waals surface area contributed by atoms with Crippen molar-refractivity contribution in [2.24, 2.45) is 0 Å². The van der Waals surface area contributed by atoms with E-state index in [1.54, 1.807) is 41.5 Å². The number of carbonyl (C=O) groups excluding carboxylic acids is 5. The molecule has 0 saturated heterocycles. The lowest BCUT2D eigenvalue weighted by molar-refractivity contribution is -0.154. The van der Waals surface area contributed by atoms with Crippen LogP contribution in [0.3, 0.4) is 0 Å². The molecule has 0 aliphatic rings. The molecular weight excluding hydrogens is 440 g/mol. The Kier molecular flexibility index (Phi) is 11.9. The fourth-order valence-corrected chi connectivity index (χ4v) is 2.15. The van der Waals surface area contributed by atoms with Crippen molar-refractivity contribution in [1.82, 2.24) is 21.3 Å². The Balaban J connectivity index is 4.65. The summed E-state index contributed by atoms with van der Waals surface area (Å²) in [5.41, 5.74) is -1.50. The van der Waals surface area contributed by atoms with Gasteiger partial charge in [-0.15, -0.1) is 0 Å². The predicted molar refractivity (Wildman–Crippen MR) is 115 cm³/mol. The number of rotatable bonds is 11. The molecule has 5 N–H and O–H groups in total. The number of aliphatic carboxylic acids is 1. The summed E-state index contributed by atoms with van der Waals surface area (Å²) in [6, 6.07) is -1.26. The van der Waals surface area contributed by atoms with Gasteiger partial charge in [-0.2, -0.15) is 0 Å². The van der Waals surface area contributed by atoms with Gasteiger partial charge in [-0.1, -0.05) is 0 Å². The second kappa shape index (κ2) is 13.2. The average molecular weight is 475 g/mol. The van der Waals surface area contributed by atoms with Gasteiger partial charge >= 0.3 is 18.0 Å². The van der Waals surface area contributed by atoms with Crippen LogP contribution in [0, 0.1) is 0 Å². The molecule has 0 aliphatic heterocycles. The van der Waals surface area contributed by atoms with Crippen LogP contribution in [0.5, 0.6) is 0 Å². The smallest absolute Gasteiger partial charge is 0.408 e. The number of carboxylic acids is 1. The highest BCUT2D eigenvalue weighted by Crippen LogP contribution is 2.07. The largest absolute Gasteiger partial charge is 0.481 e. The first-order valence-corrected chi connectivity index (χ1v) is 10.2. The lowest BCUT2D eigenvalue weighted by atomic mass is 10.1. The van der Waals surface area contributed by atoms with Crippen LogP contribution in [0.2, 0.25) is 0 Å².